The third-order valence-electron chi connectivity index (χ3n) is 1.16. The highest BCUT2D eigenvalue weighted by Crippen LogP contribution is 2.00. The largest absolute Gasteiger partial charge is 0.252 e. The van der Waals surface area contributed by atoms with Gasteiger partial charge < -0.3 is 0 Å². The van der Waals surface area contributed by atoms with Gasteiger partial charge in [0, 0.05) is 6.20 Å². The molecule has 0 fully saturated rings. The van der Waals surface area contributed by atoms with E-state index in [0.29, 0.717) is 0 Å². The molecule has 2 aromatic heterocycles. The molecule has 0 aliphatic carbocycles. The Labute approximate surface area is 72.4 Å². The molecule has 5 nitrogen and oxygen atoms in total. The van der Waals surface area contributed by atoms with Gasteiger partial charge in [-0.1, -0.05) is 0 Å². The molecule has 0 saturated carbocycles. The molecule has 60 valence electrons. The van der Waals surface area contributed by atoms with Crippen molar-refractivity contribution in [2.45, 2.75) is 0 Å². The monoisotopic (exact) mass is 179 g/mol. The number of thiazole rings is 1. The van der Waals surface area contributed by atoms with Crippen LogP contribution in [0.1, 0.15) is 4.88 Å². The third kappa shape index (κ3) is 1.54. The molecule has 6 heteroatoms. The molecule has 0 bridgehead atoms. The van der Waals surface area contributed by atoms with E-state index in [1.54, 1.807) is 17.9 Å². The van der Waals surface area contributed by atoms with Crippen molar-refractivity contribution in [3.8, 4) is 0 Å². The predicted octanol–water partition coefficient (Wildman–Crippen LogP) is 0.617. The second-order valence-corrected chi connectivity index (χ2v) is 2.88. The first kappa shape index (κ1) is 7.11. The zero-order valence-corrected chi connectivity index (χ0v) is 6.85. The highest BCUT2D eigenvalue weighted by Gasteiger charge is 1.88. The molecule has 0 N–H and O–H groups in total. The molecule has 2 aromatic rings. The second kappa shape index (κ2) is 3.22. The predicted molar refractivity (Wildman–Crippen MR) is 45.1 cm³/mol. The first-order chi connectivity index (χ1) is 5.95. The zero-order chi connectivity index (χ0) is 8.23. The van der Waals surface area contributed by atoms with E-state index in [1.807, 2.05) is 0 Å². The first-order valence-corrected chi connectivity index (χ1v) is 4.10. The number of hydrogen-bond donors (Lipinski definition) is 0. The van der Waals surface area contributed by atoms with Gasteiger partial charge in [0.15, 0.2) is 0 Å². The van der Waals surface area contributed by atoms with E-state index in [-0.39, 0.29) is 0 Å². The summed E-state index contributed by atoms with van der Waals surface area (Å²) in [5.74, 6) is 0. The molecule has 12 heavy (non-hydrogen) atoms. The van der Waals surface area contributed by atoms with Gasteiger partial charge in [-0.3, -0.25) is 4.98 Å². The van der Waals surface area contributed by atoms with Crippen LogP contribution in [0.15, 0.2) is 29.5 Å². The maximum Gasteiger partial charge on any atom is 0.139 e. The fraction of sp³-hybridized carbons (Fsp3) is 0. The van der Waals surface area contributed by atoms with Crippen molar-refractivity contribution in [3.63, 3.8) is 0 Å². The Bertz CT molecular complexity index is 313. The van der Waals surface area contributed by atoms with Crippen molar-refractivity contribution >= 4 is 17.6 Å². The van der Waals surface area contributed by atoms with Gasteiger partial charge >= 0.3 is 0 Å². The van der Waals surface area contributed by atoms with Crippen LogP contribution in [-0.2, 0) is 0 Å². The highest BCUT2D eigenvalue weighted by molar-refractivity contribution is 7.11. The molecule has 0 radical (unpaired) electrons. The van der Waals surface area contributed by atoms with Crippen molar-refractivity contribution in [1.29, 1.82) is 0 Å². The summed E-state index contributed by atoms with van der Waals surface area (Å²) in [4.78, 5) is 10.0. The normalized spacial score (nSPS) is 11.0. The lowest BCUT2D eigenvalue weighted by molar-refractivity contribution is 0.743. The van der Waals surface area contributed by atoms with Crippen LogP contribution in [-0.4, -0.2) is 26.1 Å². The smallest absolute Gasteiger partial charge is 0.139 e. The van der Waals surface area contributed by atoms with Gasteiger partial charge in [-0.05, 0) is 0 Å². The summed E-state index contributed by atoms with van der Waals surface area (Å²) in [7, 11) is 0. The lowest BCUT2D eigenvalue weighted by Crippen LogP contribution is -1.88. The lowest BCUT2D eigenvalue weighted by Gasteiger charge is -1.84. The molecule has 0 amide bonds. The summed E-state index contributed by atoms with van der Waals surface area (Å²) in [5.41, 5.74) is 1.75. The number of hydrogen-bond acceptors (Lipinski definition) is 5. The molecular weight excluding hydrogens is 174 g/mol. The maximum atomic E-state index is 4.00. The van der Waals surface area contributed by atoms with Crippen LogP contribution in [0.4, 0.5) is 0 Å². The Morgan fingerprint density at radius 3 is 3.17 bits per heavy atom. The zero-order valence-electron chi connectivity index (χ0n) is 6.03. The van der Waals surface area contributed by atoms with E-state index in [4.69, 9.17) is 0 Å². The van der Waals surface area contributed by atoms with Gasteiger partial charge in [-0.2, -0.15) is 5.10 Å². The maximum absolute atomic E-state index is 4.00. The number of nitrogens with zero attached hydrogens (tertiary/aromatic N) is 5. The van der Waals surface area contributed by atoms with Gasteiger partial charge in [0.05, 0.1) is 16.6 Å². The fourth-order valence-electron chi connectivity index (χ4n) is 0.667. The molecule has 0 spiro atoms. The summed E-state index contributed by atoms with van der Waals surface area (Å²) in [6.07, 6.45) is 6.39. The van der Waals surface area contributed by atoms with Crippen molar-refractivity contribution in [2.75, 3.05) is 0 Å². The van der Waals surface area contributed by atoms with Crippen molar-refractivity contribution in [2.24, 2.45) is 5.10 Å². The van der Waals surface area contributed by atoms with Crippen LogP contribution in [0.5, 0.6) is 0 Å². The van der Waals surface area contributed by atoms with E-state index in [1.165, 1.54) is 28.8 Å². The molecule has 0 aliphatic heterocycles. The minimum Gasteiger partial charge on any atom is -0.252 e. The summed E-state index contributed by atoms with van der Waals surface area (Å²) in [6.45, 7) is 0. The molecule has 2 heterocycles. The van der Waals surface area contributed by atoms with Crippen molar-refractivity contribution < 1.29 is 0 Å². The Morgan fingerprint density at radius 2 is 2.50 bits per heavy atom. The summed E-state index contributed by atoms with van der Waals surface area (Å²) in [5, 5.41) is 7.80. The fourth-order valence-corrected chi connectivity index (χ4v) is 1.14. The summed E-state index contributed by atoms with van der Waals surface area (Å²) < 4.78 is 0. The van der Waals surface area contributed by atoms with Gasteiger partial charge in [0.2, 0.25) is 0 Å². The average Bonchev–Trinajstić information content (AvgIpc) is 2.74. The van der Waals surface area contributed by atoms with E-state index < -0.39 is 0 Å². The SMILES string of the molecule is C(=N\n1cncn1)/c1cncs1. The van der Waals surface area contributed by atoms with Crippen LogP contribution in [0.2, 0.25) is 0 Å². The Balaban J connectivity index is 2.14. The number of aromatic nitrogens is 4. The quantitative estimate of drug-likeness (QED) is 0.635. The molecule has 0 aliphatic rings. The van der Waals surface area contributed by atoms with Crippen molar-refractivity contribution in [1.82, 2.24) is 19.9 Å². The van der Waals surface area contributed by atoms with E-state index >= 15 is 0 Å². The number of rotatable bonds is 2. The highest BCUT2D eigenvalue weighted by atomic mass is 32.1. The molecule has 0 aromatic carbocycles. The van der Waals surface area contributed by atoms with E-state index in [0.717, 1.165) is 4.88 Å². The second-order valence-electron chi connectivity index (χ2n) is 1.96. The molecule has 0 atom stereocenters. The third-order valence-corrected chi connectivity index (χ3v) is 1.87. The summed E-state index contributed by atoms with van der Waals surface area (Å²) in [6, 6.07) is 0. The Morgan fingerprint density at radius 1 is 1.50 bits per heavy atom. The van der Waals surface area contributed by atoms with E-state index in [2.05, 4.69) is 20.2 Å². The average molecular weight is 179 g/mol. The summed E-state index contributed by atoms with van der Waals surface area (Å²) >= 11 is 1.52. The lowest BCUT2D eigenvalue weighted by atomic mass is 10.6. The molecular formula is C6H5N5S. The standard InChI is InChI=1S/C6H5N5S/c1-6(12-5-7-1)2-9-11-4-8-3-10-11/h1-5H/b9-2+. The van der Waals surface area contributed by atoms with E-state index in [9.17, 15) is 0 Å². The molecule has 0 unspecified atom stereocenters. The van der Waals surface area contributed by atoms with Crippen LogP contribution < -0.4 is 0 Å². The Kier molecular flexibility index (Phi) is 1.91. The van der Waals surface area contributed by atoms with Gasteiger partial charge in [-0.15, -0.1) is 21.2 Å². The minimum atomic E-state index is 0.991. The van der Waals surface area contributed by atoms with Crippen LogP contribution in [0.3, 0.4) is 0 Å². The topological polar surface area (TPSA) is 56.0 Å². The molecule has 2 rings (SSSR count). The van der Waals surface area contributed by atoms with Crippen LogP contribution in [0, 0.1) is 0 Å². The van der Waals surface area contributed by atoms with Crippen molar-refractivity contribution in [3.05, 3.63) is 29.2 Å². The van der Waals surface area contributed by atoms with Crippen LogP contribution >= 0.6 is 11.3 Å². The van der Waals surface area contributed by atoms with Gasteiger partial charge in [0.25, 0.3) is 0 Å². The van der Waals surface area contributed by atoms with Gasteiger partial charge in [0.1, 0.15) is 12.7 Å². The first-order valence-electron chi connectivity index (χ1n) is 3.22. The molecule has 0 saturated heterocycles. The van der Waals surface area contributed by atoms with Gasteiger partial charge in [-0.25, -0.2) is 4.98 Å². The Hall–Kier alpha value is -1.56. The minimum absolute atomic E-state index is 0.991. The van der Waals surface area contributed by atoms with Crippen LogP contribution in [0.25, 0.3) is 0 Å².